The second-order valence-corrected chi connectivity index (χ2v) is 9.34. The summed E-state index contributed by atoms with van der Waals surface area (Å²) in [4.78, 5) is 2.43. The highest BCUT2D eigenvalue weighted by Crippen LogP contribution is 2.26. The van der Waals surface area contributed by atoms with E-state index in [-0.39, 0.29) is 4.90 Å². The number of ether oxygens (including phenoxy) is 1. The molecule has 31 heavy (non-hydrogen) atoms. The summed E-state index contributed by atoms with van der Waals surface area (Å²) in [5, 5.41) is 5.74. The Balaban J connectivity index is 1.42. The minimum absolute atomic E-state index is 0.161. The highest BCUT2D eigenvalue weighted by Gasteiger charge is 2.13. The Bertz CT molecular complexity index is 1340. The molecule has 0 fully saturated rings. The summed E-state index contributed by atoms with van der Waals surface area (Å²) in [5.74, 6) is 0.692. The first-order valence-electron chi connectivity index (χ1n) is 9.51. The molecule has 0 saturated carbocycles. The first kappa shape index (κ1) is 21.1. The zero-order valence-corrected chi connectivity index (χ0v) is 18.8. The summed E-state index contributed by atoms with van der Waals surface area (Å²) in [6.07, 6.45) is 1.45. The van der Waals surface area contributed by atoms with Crippen molar-refractivity contribution in [2.75, 3.05) is 0 Å². The van der Waals surface area contributed by atoms with E-state index in [1.807, 2.05) is 66.7 Å². The molecular weight excluding hydrogens is 476 g/mol. The Kier molecular flexibility index (Phi) is 6.34. The number of halogens is 1. The van der Waals surface area contributed by atoms with Gasteiger partial charge < -0.3 is 4.74 Å². The van der Waals surface area contributed by atoms with Gasteiger partial charge in [0.25, 0.3) is 10.0 Å². The molecule has 0 bridgehead atoms. The molecule has 4 rings (SSSR count). The third-order valence-electron chi connectivity index (χ3n) is 4.61. The molecule has 0 amide bonds. The Morgan fingerprint density at radius 3 is 2.39 bits per heavy atom. The quantitative estimate of drug-likeness (QED) is 0.272. The number of sulfonamides is 1. The highest BCUT2D eigenvalue weighted by molar-refractivity contribution is 9.10. The molecule has 4 aromatic carbocycles. The van der Waals surface area contributed by atoms with Crippen LogP contribution < -0.4 is 9.57 Å². The number of hydrogen-bond acceptors (Lipinski definition) is 4. The van der Waals surface area contributed by atoms with E-state index in [1.54, 1.807) is 24.3 Å². The van der Waals surface area contributed by atoms with Crippen molar-refractivity contribution in [3.8, 4) is 5.75 Å². The van der Waals surface area contributed by atoms with Gasteiger partial charge in [0.15, 0.2) is 0 Å². The van der Waals surface area contributed by atoms with Crippen LogP contribution in [0.1, 0.15) is 11.1 Å². The zero-order valence-electron chi connectivity index (χ0n) is 16.4. The lowest BCUT2D eigenvalue weighted by Crippen LogP contribution is -2.18. The van der Waals surface area contributed by atoms with E-state index in [1.165, 1.54) is 6.21 Å². The normalized spacial score (nSPS) is 11.6. The van der Waals surface area contributed by atoms with Gasteiger partial charge in [-0.15, -0.1) is 0 Å². The third-order valence-corrected chi connectivity index (χ3v) is 6.45. The fourth-order valence-electron chi connectivity index (χ4n) is 3.01. The summed E-state index contributed by atoms with van der Waals surface area (Å²) in [5.41, 5.74) is 1.79. The summed E-state index contributed by atoms with van der Waals surface area (Å²) in [7, 11) is -3.76. The van der Waals surface area contributed by atoms with Gasteiger partial charge in [-0.25, -0.2) is 4.83 Å². The number of nitrogens with zero attached hydrogens (tertiary/aromatic N) is 1. The minimum atomic E-state index is -3.76. The fraction of sp³-hybridized carbons (Fsp3) is 0.0417. The number of nitrogens with one attached hydrogen (secondary N) is 1. The van der Waals surface area contributed by atoms with Gasteiger partial charge in [-0.05, 0) is 68.2 Å². The summed E-state index contributed by atoms with van der Waals surface area (Å²) < 4.78 is 31.7. The van der Waals surface area contributed by atoms with Gasteiger partial charge in [0.2, 0.25) is 0 Å². The maximum Gasteiger partial charge on any atom is 0.276 e. The average molecular weight is 495 g/mol. The van der Waals surface area contributed by atoms with Crippen LogP contribution in [0.3, 0.4) is 0 Å². The van der Waals surface area contributed by atoms with Gasteiger partial charge >= 0.3 is 0 Å². The molecule has 0 saturated heterocycles. The first-order chi connectivity index (χ1) is 15.0. The van der Waals surface area contributed by atoms with E-state index in [4.69, 9.17) is 4.74 Å². The maximum absolute atomic E-state index is 12.6. The molecule has 0 aliphatic heterocycles. The van der Waals surface area contributed by atoms with E-state index >= 15 is 0 Å². The summed E-state index contributed by atoms with van der Waals surface area (Å²) in [6, 6.07) is 27.9. The monoisotopic (exact) mass is 494 g/mol. The Morgan fingerprint density at radius 2 is 1.61 bits per heavy atom. The average Bonchev–Trinajstić information content (AvgIpc) is 2.79. The van der Waals surface area contributed by atoms with E-state index in [0.29, 0.717) is 12.4 Å². The molecule has 0 heterocycles. The highest BCUT2D eigenvalue weighted by atomic mass is 79.9. The van der Waals surface area contributed by atoms with Gasteiger partial charge in [0, 0.05) is 0 Å². The van der Waals surface area contributed by atoms with Gasteiger partial charge in [-0.1, -0.05) is 60.7 Å². The van der Waals surface area contributed by atoms with Crippen LogP contribution in [0.4, 0.5) is 0 Å². The molecule has 0 aliphatic carbocycles. The lowest BCUT2D eigenvalue weighted by molar-refractivity contribution is 0.304. The molecule has 0 aromatic heterocycles. The molecule has 1 N–H and O–H groups in total. The number of benzene rings is 4. The lowest BCUT2D eigenvalue weighted by atomic mass is 10.1. The summed E-state index contributed by atoms with van der Waals surface area (Å²) in [6.45, 7) is 0.457. The molecule has 0 radical (unpaired) electrons. The zero-order chi connectivity index (χ0) is 21.7. The van der Waals surface area contributed by atoms with Gasteiger partial charge in [0.05, 0.1) is 15.6 Å². The predicted molar refractivity (Wildman–Crippen MR) is 127 cm³/mol. The predicted octanol–water partition coefficient (Wildman–Crippen LogP) is 5.49. The van der Waals surface area contributed by atoms with Crippen molar-refractivity contribution in [3.63, 3.8) is 0 Å². The SMILES string of the molecule is O=S(=O)(NN=Cc1ccc(OCc2ccccc2)c(Br)c1)c1ccc2ccccc2c1. The number of fused-ring (bicyclic) bond motifs is 1. The summed E-state index contributed by atoms with van der Waals surface area (Å²) >= 11 is 3.49. The van der Waals surface area contributed by atoms with E-state index in [9.17, 15) is 8.42 Å². The van der Waals surface area contributed by atoms with E-state index in [2.05, 4.69) is 25.9 Å². The molecule has 156 valence electrons. The standard InChI is InChI=1S/C24H19BrN2O3S/c25-23-14-19(10-13-24(23)30-17-18-6-2-1-3-7-18)16-26-27-31(28,29)22-12-11-20-8-4-5-9-21(20)15-22/h1-16,27H,17H2. The van der Waals surface area contributed by atoms with Gasteiger partial charge in [0.1, 0.15) is 12.4 Å². The Hall–Kier alpha value is -3.16. The van der Waals surface area contributed by atoms with E-state index < -0.39 is 10.0 Å². The van der Waals surface area contributed by atoms with Crippen molar-refractivity contribution in [1.29, 1.82) is 0 Å². The topological polar surface area (TPSA) is 67.8 Å². The molecule has 0 spiro atoms. The van der Waals surface area contributed by atoms with Crippen LogP contribution in [0.2, 0.25) is 0 Å². The molecule has 7 heteroatoms. The minimum Gasteiger partial charge on any atom is -0.488 e. The van der Waals surface area contributed by atoms with Gasteiger partial charge in [-0.2, -0.15) is 13.5 Å². The van der Waals surface area contributed by atoms with Crippen LogP contribution >= 0.6 is 15.9 Å². The Labute approximate surface area is 189 Å². The van der Waals surface area contributed by atoms with Crippen molar-refractivity contribution in [1.82, 2.24) is 4.83 Å². The molecule has 4 aromatic rings. The lowest BCUT2D eigenvalue weighted by Gasteiger charge is -2.09. The first-order valence-corrected chi connectivity index (χ1v) is 11.8. The van der Waals surface area contributed by atoms with Crippen LogP contribution in [0.5, 0.6) is 5.75 Å². The van der Waals surface area contributed by atoms with Crippen LogP contribution in [-0.2, 0) is 16.6 Å². The third kappa shape index (κ3) is 5.31. The second-order valence-electron chi connectivity index (χ2n) is 6.83. The largest absolute Gasteiger partial charge is 0.488 e. The molecule has 5 nitrogen and oxygen atoms in total. The number of hydrogen-bond donors (Lipinski definition) is 1. The fourth-order valence-corrected chi connectivity index (χ4v) is 4.34. The maximum atomic E-state index is 12.6. The molecule has 0 atom stereocenters. The Morgan fingerprint density at radius 1 is 0.871 bits per heavy atom. The van der Waals surface area contributed by atoms with Crippen LogP contribution in [0.25, 0.3) is 10.8 Å². The number of rotatable bonds is 7. The van der Waals surface area contributed by atoms with Crippen molar-refractivity contribution in [2.24, 2.45) is 5.10 Å². The number of hydrazone groups is 1. The second kappa shape index (κ2) is 9.32. The van der Waals surface area contributed by atoms with Crippen LogP contribution in [0, 0.1) is 0 Å². The van der Waals surface area contributed by atoms with Crippen LogP contribution in [-0.4, -0.2) is 14.6 Å². The van der Waals surface area contributed by atoms with Crippen molar-refractivity contribution < 1.29 is 13.2 Å². The molecule has 0 aliphatic rings. The molecule has 0 unspecified atom stereocenters. The van der Waals surface area contributed by atoms with Crippen molar-refractivity contribution in [3.05, 3.63) is 107 Å². The van der Waals surface area contributed by atoms with Crippen molar-refractivity contribution in [2.45, 2.75) is 11.5 Å². The smallest absolute Gasteiger partial charge is 0.276 e. The molecular formula is C24H19BrN2O3S. The van der Waals surface area contributed by atoms with E-state index in [0.717, 1.165) is 26.4 Å². The van der Waals surface area contributed by atoms with Gasteiger partial charge in [-0.3, -0.25) is 0 Å². The van der Waals surface area contributed by atoms with Crippen molar-refractivity contribution >= 4 is 42.9 Å². The van der Waals surface area contributed by atoms with Crippen LogP contribution in [0.15, 0.2) is 105 Å².